The third kappa shape index (κ3) is 4.68. The number of halogens is 2. The lowest BCUT2D eigenvalue weighted by Gasteiger charge is -2.07. The molecule has 0 saturated heterocycles. The fourth-order valence-corrected chi connectivity index (χ4v) is 2.12. The fourth-order valence-electron chi connectivity index (χ4n) is 1.52. The van der Waals surface area contributed by atoms with E-state index in [0.29, 0.717) is 17.1 Å². The molecular weight excluding hydrogens is 302 g/mol. The minimum atomic E-state index is -0.0856. The predicted octanol–water partition coefficient (Wildman–Crippen LogP) is 3.94. The van der Waals surface area contributed by atoms with Crippen LogP contribution in [0.2, 0.25) is 5.02 Å². The third-order valence-corrected chi connectivity index (χ3v) is 3.59. The second-order valence-corrected chi connectivity index (χ2v) is 5.11. The Bertz CT molecular complexity index is 382. The Labute approximate surface area is 116 Å². The third-order valence-electron chi connectivity index (χ3n) is 2.53. The predicted molar refractivity (Wildman–Crippen MR) is 76.2 cm³/mol. The highest BCUT2D eigenvalue weighted by atomic mass is 79.9. The van der Waals surface area contributed by atoms with Gasteiger partial charge in [0, 0.05) is 11.9 Å². The molecule has 0 atom stereocenters. The van der Waals surface area contributed by atoms with Crippen LogP contribution in [0.15, 0.2) is 18.2 Å². The zero-order valence-corrected chi connectivity index (χ0v) is 12.3. The molecule has 0 fully saturated rings. The molecule has 4 heteroatoms. The van der Waals surface area contributed by atoms with Crippen molar-refractivity contribution in [2.75, 3.05) is 11.9 Å². The highest BCUT2D eigenvalue weighted by molar-refractivity contribution is 9.09. The van der Waals surface area contributed by atoms with Gasteiger partial charge in [-0.05, 0) is 31.4 Å². The van der Waals surface area contributed by atoms with Crippen molar-refractivity contribution in [3.8, 4) is 0 Å². The summed E-state index contributed by atoms with van der Waals surface area (Å²) in [5, 5.41) is 4.45. The molecule has 0 radical (unpaired) electrons. The largest absolute Gasteiger partial charge is 0.352 e. The summed E-state index contributed by atoms with van der Waals surface area (Å²) in [5.74, 6) is -0.0856. The Morgan fingerprint density at radius 1 is 1.35 bits per heavy atom. The Morgan fingerprint density at radius 2 is 2.12 bits per heavy atom. The van der Waals surface area contributed by atoms with Crippen LogP contribution < -0.4 is 5.32 Å². The Morgan fingerprint density at radius 3 is 2.82 bits per heavy atom. The number of unbranched alkanes of at least 4 members (excludes halogenated alkanes) is 2. The van der Waals surface area contributed by atoms with E-state index in [4.69, 9.17) is 11.6 Å². The minimum absolute atomic E-state index is 0.0856. The first-order valence-corrected chi connectivity index (χ1v) is 7.26. The van der Waals surface area contributed by atoms with Gasteiger partial charge in [0.15, 0.2) is 0 Å². The average Bonchev–Trinajstić information content (AvgIpc) is 2.32. The molecule has 2 nitrogen and oxygen atoms in total. The van der Waals surface area contributed by atoms with Crippen LogP contribution in [-0.2, 0) is 0 Å². The van der Waals surface area contributed by atoms with E-state index in [0.717, 1.165) is 30.2 Å². The minimum Gasteiger partial charge on any atom is -0.352 e. The molecule has 0 spiro atoms. The van der Waals surface area contributed by atoms with Crippen molar-refractivity contribution in [3.63, 3.8) is 0 Å². The first-order chi connectivity index (χ1) is 8.16. The molecule has 0 unspecified atom stereocenters. The molecule has 17 heavy (non-hydrogen) atoms. The monoisotopic (exact) mass is 317 g/mol. The Kier molecular flexibility index (Phi) is 6.60. The summed E-state index contributed by atoms with van der Waals surface area (Å²) in [6.07, 6.45) is 3.26. The lowest BCUT2D eigenvalue weighted by Crippen LogP contribution is -2.24. The maximum atomic E-state index is 11.8. The van der Waals surface area contributed by atoms with Crippen LogP contribution in [0.4, 0.5) is 0 Å². The SMILES string of the molecule is Cc1cccc(C(=O)NCCCCCBr)c1Cl. The summed E-state index contributed by atoms with van der Waals surface area (Å²) in [5.41, 5.74) is 1.49. The van der Waals surface area contributed by atoms with E-state index >= 15 is 0 Å². The van der Waals surface area contributed by atoms with Crippen molar-refractivity contribution >= 4 is 33.4 Å². The van der Waals surface area contributed by atoms with Crippen molar-refractivity contribution in [3.05, 3.63) is 34.3 Å². The number of rotatable bonds is 6. The standard InChI is InChI=1S/C13H17BrClNO/c1-10-6-5-7-11(12(10)15)13(17)16-9-4-2-3-8-14/h5-7H,2-4,8-9H2,1H3,(H,16,17). The molecule has 94 valence electrons. The van der Waals surface area contributed by atoms with Gasteiger partial charge in [-0.25, -0.2) is 0 Å². The molecule has 0 heterocycles. The summed E-state index contributed by atoms with van der Waals surface area (Å²) in [4.78, 5) is 11.8. The van der Waals surface area contributed by atoms with E-state index in [-0.39, 0.29) is 5.91 Å². The zero-order chi connectivity index (χ0) is 12.7. The molecule has 0 saturated carbocycles. The molecule has 0 aliphatic heterocycles. The van der Waals surface area contributed by atoms with Crippen molar-refractivity contribution < 1.29 is 4.79 Å². The maximum absolute atomic E-state index is 11.8. The van der Waals surface area contributed by atoms with Gasteiger partial charge in [0.2, 0.25) is 0 Å². The van der Waals surface area contributed by atoms with Crippen molar-refractivity contribution in [2.24, 2.45) is 0 Å². The summed E-state index contributed by atoms with van der Waals surface area (Å²) in [6, 6.07) is 5.50. The quantitative estimate of drug-likeness (QED) is 0.624. The van der Waals surface area contributed by atoms with Crippen LogP contribution in [0.5, 0.6) is 0 Å². The number of nitrogens with one attached hydrogen (secondary N) is 1. The smallest absolute Gasteiger partial charge is 0.252 e. The van der Waals surface area contributed by atoms with Gasteiger partial charge >= 0.3 is 0 Å². The van der Waals surface area contributed by atoms with Gasteiger partial charge in [0.25, 0.3) is 5.91 Å². The van der Waals surface area contributed by atoms with Crippen molar-refractivity contribution in [1.29, 1.82) is 0 Å². The van der Waals surface area contributed by atoms with Crippen LogP contribution in [0.25, 0.3) is 0 Å². The number of carbonyl (C=O) groups excluding carboxylic acids is 1. The van der Waals surface area contributed by atoms with E-state index in [1.165, 1.54) is 0 Å². The lowest BCUT2D eigenvalue weighted by atomic mass is 10.1. The fraction of sp³-hybridized carbons (Fsp3) is 0.462. The van der Waals surface area contributed by atoms with Gasteiger partial charge < -0.3 is 5.32 Å². The zero-order valence-electron chi connectivity index (χ0n) is 9.93. The first kappa shape index (κ1) is 14.5. The van der Waals surface area contributed by atoms with Crippen molar-refractivity contribution in [1.82, 2.24) is 5.32 Å². The Hall–Kier alpha value is -0.540. The van der Waals surface area contributed by atoms with Crippen LogP contribution >= 0.6 is 27.5 Å². The van der Waals surface area contributed by atoms with Crippen LogP contribution in [0.1, 0.15) is 35.2 Å². The number of hydrogen-bond donors (Lipinski definition) is 1. The molecule has 1 rings (SSSR count). The molecular formula is C13H17BrClNO. The number of aryl methyl sites for hydroxylation is 1. The van der Waals surface area contributed by atoms with Crippen LogP contribution in [0, 0.1) is 6.92 Å². The molecule has 1 aromatic carbocycles. The molecule has 0 aliphatic rings. The van der Waals surface area contributed by atoms with Crippen molar-refractivity contribution in [2.45, 2.75) is 26.2 Å². The molecule has 0 bridgehead atoms. The van der Waals surface area contributed by atoms with Crippen LogP contribution in [0.3, 0.4) is 0 Å². The van der Waals surface area contributed by atoms with Gasteiger partial charge in [0.1, 0.15) is 0 Å². The molecule has 1 amide bonds. The van der Waals surface area contributed by atoms with Gasteiger partial charge in [-0.3, -0.25) is 4.79 Å². The summed E-state index contributed by atoms with van der Waals surface area (Å²) >= 11 is 9.46. The maximum Gasteiger partial charge on any atom is 0.252 e. The average molecular weight is 319 g/mol. The number of carbonyl (C=O) groups is 1. The van der Waals surface area contributed by atoms with Gasteiger partial charge in [-0.15, -0.1) is 0 Å². The number of amides is 1. The highest BCUT2D eigenvalue weighted by Crippen LogP contribution is 2.19. The highest BCUT2D eigenvalue weighted by Gasteiger charge is 2.10. The van der Waals surface area contributed by atoms with Gasteiger partial charge in [0.05, 0.1) is 10.6 Å². The molecule has 0 aliphatic carbocycles. The van der Waals surface area contributed by atoms with E-state index in [2.05, 4.69) is 21.2 Å². The van der Waals surface area contributed by atoms with Gasteiger partial charge in [-0.2, -0.15) is 0 Å². The summed E-state index contributed by atoms with van der Waals surface area (Å²) < 4.78 is 0. The molecule has 1 aromatic rings. The van der Waals surface area contributed by atoms with Crippen LogP contribution in [-0.4, -0.2) is 17.8 Å². The molecule has 0 aromatic heterocycles. The van der Waals surface area contributed by atoms with E-state index in [1.54, 1.807) is 6.07 Å². The molecule has 1 N–H and O–H groups in total. The normalized spacial score (nSPS) is 10.3. The first-order valence-electron chi connectivity index (χ1n) is 5.76. The van der Waals surface area contributed by atoms with Gasteiger partial charge in [-0.1, -0.05) is 46.1 Å². The van der Waals surface area contributed by atoms with E-state index < -0.39 is 0 Å². The number of hydrogen-bond acceptors (Lipinski definition) is 1. The van der Waals surface area contributed by atoms with E-state index in [9.17, 15) is 4.79 Å². The summed E-state index contributed by atoms with van der Waals surface area (Å²) in [7, 11) is 0. The summed E-state index contributed by atoms with van der Waals surface area (Å²) in [6.45, 7) is 2.60. The second-order valence-electron chi connectivity index (χ2n) is 3.94. The lowest BCUT2D eigenvalue weighted by molar-refractivity contribution is 0.0953. The second kappa shape index (κ2) is 7.72. The van der Waals surface area contributed by atoms with E-state index in [1.807, 2.05) is 19.1 Å². The topological polar surface area (TPSA) is 29.1 Å². The number of alkyl halides is 1. The Balaban J connectivity index is 2.44. The number of benzene rings is 1.